The number of benzene rings is 1. The molecule has 1 unspecified atom stereocenters. The largest absolute Gasteiger partial charge is 0.310 e. The number of hydrogen-bond donors (Lipinski definition) is 0. The molecule has 2 aromatic rings. The number of aromatic nitrogens is 1. The van der Waals surface area contributed by atoms with Crippen molar-refractivity contribution in [1.29, 1.82) is 0 Å². The van der Waals surface area contributed by atoms with E-state index in [0.29, 0.717) is 18.7 Å². The van der Waals surface area contributed by atoms with Gasteiger partial charge < -0.3 is 4.90 Å². The second-order valence-electron chi connectivity index (χ2n) is 5.33. The lowest BCUT2D eigenvalue weighted by Gasteiger charge is -2.19. The summed E-state index contributed by atoms with van der Waals surface area (Å²) in [5.41, 5.74) is 1.18. The quantitative estimate of drug-likeness (QED) is 0.850. The summed E-state index contributed by atoms with van der Waals surface area (Å²) in [4.78, 5) is 18.7. The number of rotatable bonds is 3. The number of halogens is 1. The zero-order chi connectivity index (χ0) is 15.7. The van der Waals surface area contributed by atoms with Crippen LogP contribution in [0, 0.1) is 0 Å². The third kappa shape index (κ3) is 3.38. The number of amides is 1. The lowest BCUT2D eigenvalue weighted by molar-refractivity contribution is -0.118. The van der Waals surface area contributed by atoms with Crippen LogP contribution in [-0.2, 0) is 14.6 Å². The van der Waals surface area contributed by atoms with Gasteiger partial charge in [0.1, 0.15) is 0 Å². The van der Waals surface area contributed by atoms with Crippen LogP contribution in [0.15, 0.2) is 53.6 Å². The molecule has 1 amide bonds. The molecule has 1 aromatic heterocycles. The zero-order valence-electron chi connectivity index (χ0n) is 12.5. The van der Waals surface area contributed by atoms with Gasteiger partial charge in [0.15, 0.2) is 9.84 Å². The molecule has 1 aliphatic heterocycles. The molecule has 0 N–H and O–H groups in total. The summed E-state index contributed by atoms with van der Waals surface area (Å²) < 4.78 is 23.8. The van der Waals surface area contributed by atoms with Gasteiger partial charge in [0.05, 0.1) is 22.2 Å². The smallest absolute Gasteiger partial charge is 0.236 e. The molecule has 0 aliphatic carbocycles. The second-order valence-corrected chi connectivity index (χ2v) is 7.31. The van der Waals surface area contributed by atoms with E-state index in [1.165, 1.54) is 6.07 Å². The molecule has 122 valence electrons. The lowest BCUT2D eigenvalue weighted by atomic mass is 10.0. The molecule has 23 heavy (non-hydrogen) atoms. The Morgan fingerprint density at radius 1 is 1.13 bits per heavy atom. The van der Waals surface area contributed by atoms with E-state index < -0.39 is 9.84 Å². The molecule has 1 fully saturated rings. The Morgan fingerprint density at radius 3 is 2.48 bits per heavy atom. The van der Waals surface area contributed by atoms with Crippen LogP contribution >= 0.6 is 12.4 Å². The van der Waals surface area contributed by atoms with Crippen molar-refractivity contribution in [3.63, 3.8) is 0 Å². The van der Waals surface area contributed by atoms with E-state index in [4.69, 9.17) is 0 Å². The van der Waals surface area contributed by atoms with E-state index in [9.17, 15) is 13.2 Å². The Kier molecular flexibility index (Phi) is 5.06. The average Bonchev–Trinajstić information content (AvgIpc) is 2.89. The van der Waals surface area contributed by atoms with Gasteiger partial charge in [0, 0.05) is 19.0 Å². The number of hydrogen-bond acceptors (Lipinski definition) is 4. The van der Waals surface area contributed by atoms with Crippen LogP contribution in [0.4, 0.5) is 5.69 Å². The Bertz CT molecular complexity index is 809. The van der Waals surface area contributed by atoms with Crippen LogP contribution in [0.1, 0.15) is 18.0 Å². The normalized spacial score (nSPS) is 17.9. The van der Waals surface area contributed by atoms with Crippen LogP contribution in [0.5, 0.6) is 0 Å². The van der Waals surface area contributed by atoms with Crippen LogP contribution in [0.25, 0.3) is 0 Å². The van der Waals surface area contributed by atoms with E-state index >= 15 is 0 Å². The first-order valence-electron chi connectivity index (χ1n) is 7.00. The summed E-state index contributed by atoms with van der Waals surface area (Å²) in [6, 6.07) is 12.1. The van der Waals surface area contributed by atoms with Gasteiger partial charge in [0.2, 0.25) is 5.91 Å². The van der Waals surface area contributed by atoms with Crippen molar-refractivity contribution >= 4 is 33.8 Å². The lowest BCUT2D eigenvalue weighted by Crippen LogP contribution is -2.28. The van der Waals surface area contributed by atoms with Crippen LogP contribution < -0.4 is 4.90 Å². The molecule has 0 radical (unpaired) electrons. The SMILES string of the molecule is CS(=O)(=O)c1ccccc1N1CCC(c2ccccn2)C1=O.Cl. The number of nitrogens with zero attached hydrogens (tertiary/aromatic N) is 2. The molecular weight excluding hydrogens is 336 g/mol. The minimum atomic E-state index is -3.39. The molecule has 3 rings (SSSR count). The molecular formula is C16H17ClN2O3S. The highest BCUT2D eigenvalue weighted by Gasteiger charge is 2.36. The van der Waals surface area contributed by atoms with Crippen molar-refractivity contribution in [3.8, 4) is 0 Å². The van der Waals surface area contributed by atoms with Gasteiger partial charge in [-0.05, 0) is 30.7 Å². The molecule has 1 saturated heterocycles. The zero-order valence-corrected chi connectivity index (χ0v) is 14.2. The third-order valence-corrected chi connectivity index (χ3v) is 4.95. The number of carbonyl (C=O) groups excluding carboxylic acids is 1. The van der Waals surface area contributed by atoms with Crippen molar-refractivity contribution in [2.45, 2.75) is 17.2 Å². The van der Waals surface area contributed by atoms with Gasteiger partial charge in [-0.2, -0.15) is 0 Å². The van der Waals surface area contributed by atoms with Gasteiger partial charge in [-0.1, -0.05) is 18.2 Å². The Hall–Kier alpha value is -1.92. The van der Waals surface area contributed by atoms with E-state index in [0.717, 1.165) is 11.9 Å². The minimum Gasteiger partial charge on any atom is -0.310 e. The molecule has 0 bridgehead atoms. The first-order valence-corrected chi connectivity index (χ1v) is 8.89. The second kappa shape index (κ2) is 6.68. The number of para-hydroxylation sites is 1. The van der Waals surface area contributed by atoms with Crippen molar-refractivity contribution in [2.24, 2.45) is 0 Å². The molecule has 5 nitrogen and oxygen atoms in total. The number of carbonyl (C=O) groups is 1. The van der Waals surface area contributed by atoms with E-state index in [-0.39, 0.29) is 29.1 Å². The maximum absolute atomic E-state index is 12.7. The first-order chi connectivity index (χ1) is 10.5. The maximum Gasteiger partial charge on any atom is 0.236 e. The van der Waals surface area contributed by atoms with Gasteiger partial charge in [-0.15, -0.1) is 12.4 Å². The summed E-state index contributed by atoms with van der Waals surface area (Å²) in [6.07, 6.45) is 3.45. The fraction of sp³-hybridized carbons (Fsp3) is 0.250. The van der Waals surface area contributed by atoms with Crippen LogP contribution in [0.3, 0.4) is 0 Å². The first kappa shape index (κ1) is 17.4. The van der Waals surface area contributed by atoms with Crippen molar-refractivity contribution in [1.82, 2.24) is 4.98 Å². The molecule has 1 aliphatic rings. The predicted octanol–water partition coefficient (Wildman–Crippen LogP) is 2.43. The van der Waals surface area contributed by atoms with Crippen LogP contribution in [-0.4, -0.2) is 32.1 Å². The molecule has 0 saturated carbocycles. The monoisotopic (exact) mass is 352 g/mol. The highest BCUT2D eigenvalue weighted by atomic mass is 35.5. The number of sulfone groups is 1. The van der Waals surface area contributed by atoms with Crippen LogP contribution in [0.2, 0.25) is 0 Å². The predicted molar refractivity (Wildman–Crippen MR) is 90.7 cm³/mol. The summed E-state index contributed by atoms with van der Waals surface area (Å²) in [5.74, 6) is -0.413. The summed E-state index contributed by atoms with van der Waals surface area (Å²) in [5, 5.41) is 0. The highest BCUT2D eigenvalue weighted by Crippen LogP contribution is 2.34. The van der Waals surface area contributed by atoms with Crippen molar-refractivity contribution in [3.05, 3.63) is 54.4 Å². The Morgan fingerprint density at radius 2 is 1.83 bits per heavy atom. The molecule has 0 spiro atoms. The maximum atomic E-state index is 12.7. The third-order valence-electron chi connectivity index (χ3n) is 3.81. The average molecular weight is 353 g/mol. The van der Waals surface area contributed by atoms with Gasteiger partial charge >= 0.3 is 0 Å². The van der Waals surface area contributed by atoms with Gasteiger partial charge in [-0.25, -0.2) is 8.42 Å². The molecule has 1 aromatic carbocycles. The highest BCUT2D eigenvalue weighted by molar-refractivity contribution is 7.90. The summed E-state index contributed by atoms with van der Waals surface area (Å²) >= 11 is 0. The minimum absolute atomic E-state index is 0. The fourth-order valence-electron chi connectivity index (χ4n) is 2.77. The van der Waals surface area contributed by atoms with Crippen molar-refractivity contribution in [2.75, 3.05) is 17.7 Å². The van der Waals surface area contributed by atoms with E-state index in [2.05, 4.69) is 4.98 Å². The van der Waals surface area contributed by atoms with Crippen molar-refractivity contribution < 1.29 is 13.2 Å². The fourth-order valence-corrected chi connectivity index (χ4v) is 3.65. The Balaban J connectivity index is 0.00000192. The molecule has 2 heterocycles. The number of anilines is 1. The Labute approximate surface area is 141 Å². The van der Waals surface area contributed by atoms with Gasteiger partial charge in [-0.3, -0.25) is 9.78 Å². The molecule has 1 atom stereocenters. The number of pyridine rings is 1. The standard InChI is InChI=1S/C16H16N2O3S.ClH/c1-22(20,21)15-8-3-2-7-14(15)18-11-9-12(16(18)19)13-6-4-5-10-17-13;/h2-8,10,12H,9,11H2,1H3;1H. The van der Waals surface area contributed by atoms with E-state index in [1.54, 1.807) is 35.4 Å². The van der Waals surface area contributed by atoms with E-state index in [1.807, 2.05) is 12.1 Å². The molecule has 7 heteroatoms. The summed E-state index contributed by atoms with van der Waals surface area (Å²) in [7, 11) is -3.39. The summed E-state index contributed by atoms with van der Waals surface area (Å²) in [6.45, 7) is 0.493. The topological polar surface area (TPSA) is 67.3 Å². The van der Waals surface area contributed by atoms with Gasteiger partial charge in [0.25, 0.3) is 0 Å².